The summed E-state index contributed by atoms with van der Waals surface area (Å²) in [5.41, 5.74) is 0.233. The Hall–Kier alpha value is -2.61. The van der Waals surface area contributed by atoms with Crippen molar-refractivity contribution in [1.82, 2.24) is 10.3 Å². The maximum absolute atomic E-state index is 12.4. The second-order valence-electron chi connectivity index (χ2n) is 6.33. The van der Waals surface area contributed by atoms with E-state index in [0.29, 0.717) is 27.8 Å². The molecule has 0 unspecified atom stereocenters. The van der Waals surface area contributed by atoms with E-state index in [9.17, 15) is 9.59 Å². The molecule has 2 N–H and O–H groups in total. The summed E-state index contributed by atoms with van der Waals surface area (Å²) in [4.78, 5) is 27.9. The van der Waals surface area contributed by atoms with Crippen molar-refractivity contribution >= 4 is 23.2 Å². The van der Waals surface area contributed by atoms with E-state index >= 15 is 0 Å². The van der Waals surface area contributed by atoms with Crippen molar-refractivity contribution in [2.24, 2.45) is 0 Å². The van der Waals surface area contributed by atoms with E-state index in [0.717, 1.165) is 5.56 Å². The van der Waals surface area contributed by atoms with Gasteiger partial charge < -0.3 is 19.9 Å². The molecule has 2 heterocycles. The van der Waals surface area contributed by atoms with Crippen LogP contribution in [-0.2, 0) is 4.79 Å². The normalized spacial score (nSPS) is 12.9. The Kier molecular flexibility index (Phi) is 4.63. The molecule has 0 bridgehead atoms. The molecule has 0 aliphatic carbocycles. The molecule has 8 heteroatoms. The lowest BCUT2D eigenvalue weighted by molar-refractivity contribution is -0.137. The predicted molar refractivity (Wildman–Crippen MR) is 92.1 cm³/mol. The number of carboxylic acids is 1. The van der Waals surface area contributed by atoms with Crippen LogP contribution in [0, 0.1) is 0 Å². The number of carbonyl (C=O) groups excluding carboxylic acids is 1. The van der Waals surface area contributed by atoms with Crippen LogP contribution in [0.1, 0.15) is 36.4 Å². The van der Waals surface area contributed by atoms with Gasteiger partial charge in [0, 0.05) is 17.5 Å². The average Bonchev–Trinajstić information content (AvgIpc) is 3.21. The second-order valence-corrected chi connectivity index (χ2v) is 7.36. The van der Waals surface area contributed by atoms with Crippen LogP contribution in [0.25, 0.3) is 10.6 Å². The molecule has 0 atom stereocenters. The maximum Gasteiger partial charge on any atom is 0.303 e. The summed E-state index contributed by atoms with van der Waals surface area (Å²) in [5.74, 6) is 0.206. The smallest absolute Gasteiger partial charge is 0.303 e. The van der Waals surface area contributed by atoms with Gasteiger partial charge in [-0.3, -0.25) is 9.59 Å². The van der Waals surface area contributed by atoms with Gasteiger partial charge in [0.15, 0.2) is 11.5 Å². The number of rotatable bonds is 6. The fourth-order valence-electron chi connectivity index (χ4n) is 2.39. The third-order valence-corrected chi connectivity index (χ3v) is 4.81. The van der Waals surface area contributed by atoms with Gasteiger partial charge in [0.05, 0.1) is 6.20 Å². The van der Waals surface area contributed by atoms with E-state index in [1.165, 1.54) is 17.5 Å². The van der Waals surface area contributed by atoms with Crippen molar-refractivity contribution in [3.05, 3.63) is 29.3 Å². The fourth-order valence-corrected chi connectivity index (χ4v) is 3.20. The number of aliphatic carboxylic acids is 1. The number of ether oxygens (including phenoxy) is 2. The molecule has 1 aliphatic heterocycles. The monoisotopic (exact) mass is 362 g/mol. The summed E-state index contributed by atoms with van der Waals surface area (Å²) in [6, 6.07) is 5.51. The van der Waals surface area contributed by atoms with Gasteiger partial charge in [-0.1, -0.05) is 0 Å². The zero-order valence-electron chi connectivity index (χ0n) is 13.9. The van der Waals surface area contributed by atoms with Crippen LogP contribution in [0.4, 0.5) is 0 Å². The van der Waals surface area contributed by atoms with E-state index in [1.807, 2.05) is 18.2 Å². The number of benzene rings is 1. The molecule has 2 aromatic rings. The van der Waals surface area contributed by atoms with Gasteiger partial charge >= 0.3 is 5.97 Å². The van der Waals surface area contributed by atoms with Gasteiger partial charge in [-0.2, -0.15) is 0 Å². The molecule has 0 radical (unpaired) electrons. The lowest BCUT2D eigenvalue weighted by Gasteiger charge is -2.25. The Morgan fingerprint density at radius 1 is 1.32 bits per heavy atom. The van der Waals surface area contributed by atoms with Gasteiger partial charge in [-0.05, 0) is 38.5 Å². The minimum atomic E-state index is -0.884. The van der Waals surface area contributed by atoms with E-state index in [-0.39, 0.29) is 19.1 Å². The third kappa shape index (κ3) is 4.08. The highest BCUT2D eigenvalue weighted by molar-refractivity contribution is 7.16. The van der Waals surface area contributed by atoms with E-state index < -0.39 is 11.5 Å². The highest BCUT2D eigenvalue weighted by atomic mass is 32.1. The minimum Gasteiger partial charge on any atom is -0.481 e. The molecule has 0 saturated heterocycles. The standard InChI is InChI=1S/C17H18N2O5S/c1-17(2,6-5-14(20)21)19-15(22)13-8-18-16(25-13)10-3-4-11-12(7-10)24-9-23-11/h3-4,7-8H,5-6,9H2,1-2H3,(H,19,22)(H,20,21). The SMILES string of the molecule is CC(C)(CCC(=O)O)NC(=O)c1cnc(-c2ccc3c(c2)OCO3)s1. The van der Waals surface area contributed by atoms with Gasteiger partial charge in [-0.25, -0.2) is 4.98 Å². The molecular weight excluding hydrogens is 344 g/mol. The number of nitrogens with zero attached hydrogens (tertiary/aromatic N) is 1. The van der Waals surface area contributed by atoms with Gasteiger partial charge in [0.25, 0.3) is 5.91 Å². The number of hydrogen-bond acceptors (Lipinski definition) is 6. The van der Waals surface area contributed by atoms with Gasteiger partial charge in [0.2, 0.25) is 6.79 Å². The molecule has 1 amide bonds. The summed E-state index contributed by atoms with van der Waals surface area (Å²) >= 11 is 1.27. The highest BCUT2D eigenvalue weighted by Gasteiger charge is 2.24. The van der Waals surface area contributed by atoms with Crippen molar-refractivity contribution in [3.8, 4) is 22.1 Å². The molecule has 3 rings (SSSR count). The summed E-state index contributed by atoms with van der Waals surface area (Å²) in [6.07, 6.45) is 1.87. The first-order valence-corrected chi connectivity index (χ1v) is 8.56. The van der Waals surface area contributed by atoms with Gasteiger partial charge in [0.1, 0.15) is 9.88 Å². The predicted octanol–water partition coefficient (Wildman–Crippen LogP) is 2.91. The molecule has 0 saturated carbocycles. The van der Waals surface area contributed by atoms with Crippen LogP contribution in [-0.4, -0.2) is 34.3 Å². The van der Waals surface area contributed by atoms with E-state index in [2.05, 4.69) is 10.3 Å². The van der Waals surface area contributed by atoms with Crippen LogP contribution in [0.2, 0.25) is 0 Å². The van der Waals surface area contributed by atoms with Crippen molar-refractivity contribution in [3.63, 3.8) is 0 Å². The number of fused-ring (bicyclic) bond motifs is 1. The van der Waals surface area contributed by atoms with Gasteiger partial charge in [-0.15, -0.1) is 11.3 Å². The van der Waals surface area contributed by atoms with Crippen molar-refractivity contribution in [2.75, 3.05) is 6.79 Å². The Balaban J connectivity index is 1.70. The number of amides is 1. The largest absolute Gasteiger partial charge is 0.481 e. The fraction of sp³-hybridized carbons (Fsp3) is 0.353. The molecule has 0 spiro atoms. The quantitative estimate of drug-likeness (QED) is 0.820. The Labute approximate surface area is 148 Å². The van der Waals surface area contributed by atoms with Crippen LogP contribution in [0.15, 0.2) is 24.4 Å². The molecule has 132 valence electrons. The Morgan fingerprint density at radius 3 is 2.84 bits per heavy atom. The lowest BCUT2D eigenvalue weighted by Crippen LogP contribution is -2.43. The third-order valence-electron chi connectivity index (χ3n) is 3.76. The molecule has 1 aliphatic rings. The maximum atomic E-state index is 12.4. The first-order chi connectivity index (χ1) is 11.8. The minimum absolute atomic E-state index is 0.00157. The lowest BCUT2D eigenvalue weighted by atomic mass is 9.98. The van der Waals surface area contributed by atoms with Crippen LogP contribution in [0.3, 0.4) is 0 Å². The average molecular weight is 362 g/mol. The number of hydrogen-bond donors (Lipinski definition) is 2. The highest BCUT2D eigenvalue weighted by Crippen LogP contribution is 2.37. The number of carboxylic acid groups (broad SMARTS) is 1. The van der Waals surface area contributed by atoms with E-state index in [1.54, 1.807) is 13.8 Å². The number of carbonyl (C=O) groups is 2. The molecule has 25 heavy (non-hydrogen) atoms. The topological polar surface area (TPSA) is 97.8 Å². The second kappa shape index (κ2) is 6.72. The summed E-state index contributed by atoms with van der Waals surface area (Å²) in [6.45, 7) is 3.80. The van der Waals surface area contributed by atoms with E-state index in [4.69, 9.17) is 14.6 Å². The summed E-state index contributed by atoms with van der Waals surface area (Å²) < 4.78 is 10.6. The number of aromatic nitrogens is 1. The molecular formula is C17H18N2O5S. The van der Waals surface area contributed by atoms with Crippen molar-refractivity contribution in [1.29, 1.82) is 0 Å². The first-order valence-electron chi connectivity index (χ1n) is 7.74. The molecule has 1 aromatic carbocycles. The zero-order chi connectivity index (χ0) is 18.0. The Bertz CT molecular complexity index is 815. The van der Waals surface area contributed by atoms with Crippen LogP contribution in [0.5, 0.6) is 11.5 Å². The van der Waals surface area contributed by atoms with Crippen LogP contribution >= 0.6 is 11.3 Å². The van der Waals surface area contributed by atoms with Crippen molar-refractivity contribution < 1.29 is 24.2 Å². The Morgan fingerprint density at radius 2 is 2.08 bits per heavy atom. The van der Waals surface area contributed by atoms with Crippen LogP contribution < -0.4 is 14.8 Å². The molecule has 1 aromatic heterocycles. The first kappa shape index (κ1) is 17.2. The number of thiazole rings is 1. The molecule has 0 fully saturated rings. The summed E-state index contributed by atoms with van der Waals surface area (Å²) in [5, 5.41) is 12.3. The molecule has 7 nitrogen and oxygen atoms in total. The summed E-state index contributed by atoms with van der Waals surface area (Å²) in [7, 11) is 0. The zero-order valence-corrected chi connectivity index (χ0v) is 14.7. The van der Waals surface area contributed by atoms with Crippen molar-refractivity contribution in [2.45, 2.75) is 32.2 Å². The number of nitrogens with one attached hydrogen (secondary N) is 1.